The lowest BCUT2D eigenvalue weighted by Gasteiger charge is -2.26. The summed E-state index contributed by atoms with van der Waals surface area (Å²) in [6.07, 6.45) is 0.327. The van der Waals surface area contributed by atoms with Gasteiger partial charge in [-0.25, -0.2) is 22.0 Å². The van der Waals surface area contributed by atoms with Crippen LogP contribution in [0.4, 0.5) is 30.7 Å². The van der Waals surface area contributed by atoms with Crippen molar-refractivity contribution in [3.05, 3.63) is 34.6 Å². The lowest BCUT2D eigenvalue weighted by Crippen LogP contribution is -2.29. The zero-order valence-corrected chi connectivity index (χ0v) is 17.1. The van der Waals surface area contributed by atoms with E-state index >= 15 is 0 Å². The van der Waals surface area contributed by atoms with Crippen LogP contribution in [-0.4, -0.2) is 15.6 Å². The zero-order chi connectivity index (χ0) is 23.1. The van der Waals surface area contributed by atoms with Crippen molar-refractivity contribution in [2.45, 2.75) is 76.7 Å². The first kappa shape index (κ1) is 26.9. The molecule has 0 fully saturated rings. The molecule has 0 aliphatic heterocycles. The van der Waals surface area contributed by atoms with E-state index in [9.17, 15) is 45.1 Å². The Morgan fingerprint density at radius 1 is 0.800 bits per heavy atom. The molecule has 0 saturated carbocycles. The molecule has 0 radical (unpaired) electrons. The molecule has 174 valence electrons. The van der Waals surface area contributed by atoms with Crippen LogP contribution in [0.25, 0.3) is 0 Å². The van der Waals surface area contributed by atoms with Gasteiger partial charge in [-0.1, -0.05) is 58.3 Å². The fraction of sp³-hybridized carbons (Fsp3) is 0.667. The van der Waals surface area contributed by atoms with Gasteiger partial charge in [-0.2, -0.15) is 8.78 Å². The van der Waals surface area contributed by atoms with Crippen molar-refractivity contribution in [1.82, 2.24) is 0 Å². The molecule has 1 aromatic rings. The number of hydrogen-bond acceptors (Lipinski definition) is 2. The summed E-state index contributed by atoms with van der Waals surface area (Å²) < 4.78 is 111. The Labute approximate surface area is 169 Å². The van der Waals surface area contributed by atoms with Gasteiger partial charge in [-0.15, -0.1) is 0 Å². The average Bonchev–Trinajstić information content (AvgIpc) is 2.65. The largest absolute Gasteiger partial charge is 0.390 e. The lowest BCUT2D eigenvalue weighted by atomic mass is 10.1. The Bertz CT molecular complexity index is 726. The number of alkyl halides is 2. The zero-order valence-electron chi connectivity index (χ0n) is 16.2. The van der Waals surface area contributed by atoms with Crippen molar-refractivity contribution in [2.24, 2.45) is 0 Å². The Balaban J connectivity index is 2.87. The number of benzene rings is 1. The third kappa shape index (κ3) is 7.21. The van der Waals surface area contributed by atoms with E-state index in [2.05, 4.69) is 4.74 Å². The van der Waals surface area contributed by atoms with Gasteiger partial charge in [0.15, 0.2) is 29.1 Å². The van der Waals surface area contributed by atoms with Gasteiger partial charge in [0.1, 0.15) is 5.56 Å². The molecular weight excluding hydrogens is 444 g/mol. The third-order valence-electron chi connectivity index (χ3n) is 4.46. The number of ether oxygens (including phenoxy) is 1. The van der Waals surface area contributed by atoms with Gasteiger partial charge < -0.3 is 14.5 Å². The molecular formula is C18H24F7O4P. The highest BCUT2D eigenvalue weighted by molar-refractivity contribution is 7.52. The lowest BCUT2D eigenvalue weighted by molar-refractivity contribution is -0.264. The molecule has 0 spiro atoms. The SMILES string of the molecule is CCCCCCCCCCC(OC(F)(F)c1c(F)c(F)c(F)c(F)c1F)P(=O)(O)O. The Morgan fingerprint density at radius 2 is 1.20 bits per heavy atom. The quantitative estimate of drug-likeness (QED) is 0.114. The smallest absolute Gasteiger partial charge is 0.323 e. The molecule has 0 amide bonds. The second-order valence-electron chi connectivity index (χ2n) is 6.89. The van der Waals surface area contributed by atoms with Crippen molar-refractivity contribution in [3.8, 4) is 0 Å². The first-order valence-electron chi connectivity index (χ1n) is 9.47. The molecule has 0 bridgehead atoms. The summed E-state index contributed by atoms with van der Waals surface area (Å²) in [6.45, 7) is 2.05. The highest BCUT2D eigenvalue weighted by Gasteiger charge is 2.48. The monoisotopic (exact) mass is 468 g/mol. The molecule has 1 atom stereocenters. The molecule has 0 heterocycles. The molecule has 2 N–H and O–H groups in total. The molecule has 0 aliphatic carbocycles. The highest BCUT2D eigenvalue weighted by Crippen LogP contribution is 2.49. The van der Waals surface area contributed by atoms with Crippen LogP contribution >= 0.6 is 7.60 Å². The number of hydrogen-bond donors (Lipinski definition) is 2. The average molecular weight is 468 g/mol. The molecule has 1 rings (SSSR count). The van der Waals surface area contributed by atoms with E-state index in [-0.39, 0.29) is 6.42 Å². The van der Waals surface area contributed by atoms with Crippen molar-refractivity contribution in [1.29, 1.82) is 0 Å². The van der Waals surface area contributed by atoms with Crippen LogP contribution < -0.4 is 0 Å². The number of unbranched alkanes of at least 4 members (excludes halogenated alkanes) is 7. The minimum atomic E-state index is -5.34. The van der Waals surface area contributed by atoms with Crippen LogP contribution in [0, 0.1) is 29.1 Å². The Kier molecular flexibility index (Phi) is 10.3. The summed E-state index contributed by atoms with van der Waals surface area (Å²) in [5, 5.41) is 0. The van der Waals surface area contributed by atoms with E-state index in [0.717, 1.165) is 32.1 Å². The fourth-order valence-corrected chi connectivity index (χ4v) is 3.63. The van der Waals surface area contributed by atoms with Crippen LogP contribution in [0.5, 0.6) is 0 Å². The minimum Gasteiger partial charge on any atom is -0.323 e. The van der Waals surface area contributed by atoms with Crippen LogP contribution in [0.1, 0.15) is 70.3 Å². The summed E-state index contributed by atoms with van der Waals surface area (Å²) >= 11 is 0. The molecule has 30 heavy (non-hydrogen) atoms. The molecule has 1 aromatic carbocycles. The predicted molar refractivity (Wildman–Crippen MR) is 94.3 cm³/mol. The van der Waals surface area contributed by atoms with Gasteiger partial charge in [0.05, 0.1) is 0 Å². The summed E-state index contributed by atoms with van der Waals surface area (Å²) in [4.78, 5) is 18.5. The Hall–Kier alpha value is -1.16. The van der Waals surface area contributed by atoms with E-state index in [4.69, 9.17) is 0 Å². The predicted octanol–water partition coefficient (Wildman–Crippen LogP) is 6.48. The molecule has 0 saturated heterocycles. The van der Waals surface area contributed by atoms with Crippen molar-refractivity contribution in [2.75, 3.05) is 0 Å². The first-order chi connectivity index (χ1) is 13.8. The highest BCUT2D eigenvalue weighted by atomic mass is 31.2. The second-order valence-corrected chi connectivity index (χ2v) is 8.64. The van der Waals surface area contributed by atoms with E-state index in [1.54, 1.807) is 0 Å². The van der Waals surface area contributed by atoms with Crippen LogP contribution in [0.2, 0.25) is 0 Å². The van der Waals surface area contributed by atoms with Crippen molar-refractivity contribution in [3.63, 3.8) is 0 Å². The van der Waals surface area contributed by atoms with Crippen molar-refractivity contribution < 1.29 is 49.8 Å². The van der Waals surface area contributed by atoms with Gasteiger partial charge in [0, 0.05) is 0 Å². The normalized spacial score (nSPS) is 13.7. The maximum Gasteiger partial charge on any atom is 0.390 e. The van der Waals surface area contributed by atoms with Gasteiger partial charge >= 0.3 is 13.7 Å². The summed E-state index contributed by atoms with van der Waals surface area (Å²) in [5.74, 6) is -16.1. The maximum absolute atomic E-state index is 14.2. The van der Waals surface area contributed by atoms with Crippen LogP contribution in [0.3, 0.4) is 0 Å². The standard InChI is InChI=1S/C18H24F7O4P/c1-2-3-4-5-6-7-8-9-10-11(30(26,27)28)29-18(24,25)12-13(19)15(21)17(23)16(22)14(12)20/h11H,2-10H2,1H3,(H2,26,27,28). The van der Waals surface area contributed by atoms with Crippen LogP contribution in [0.15, 0.2) is 0 Å². The van der Waals surface area contributed by atoms with Crippen molar-refractivity contribution >= 4 is 7.60 Å². The summed E-state index contributed by atoms with van der Waals surface area (Å²) in [7, 11) is -5.34. The number of rotatable bonds is 13. The van der Waals surface area contributed by atoms with E-state index in [1.807, 2.05) is 6.92 Å². The Morgan fingerprint density at radius 3 is 1.63 bits per heavy atom. The molecule has 4 nitrogen and oxygen atoms in total. The van der Waals surface area contributed by atoms with E-state index in [0.29, 0.717) is 12.8 Å². The maximum atomic E-state index is 14.2. The number of halogens is 7. The molecule has 0 aromatic heterocycles. The van der Waals surface area contributed by atoms with E-state index in [1.165, 1.54) is 0 Å². The van der Waals surface area contributed by atoms with Gasteiger partial charge in [-0.05, 0) is 6.42 Å². The molecule has 1 unspecified atom stereocenters. The summed E-state index contributed by atoms with van der Waals surface area (Å²) in [6, 6.07) is 0. The van der Waals surface area contributed by atoms with Gasteiger partial charge in [-0.3, -0.25) is 4.57 Å². The van der Waals surface area contributed by atoms with E-state index < -0.39 is 60.6 Å². The topological polar surface area (TPSA) is 66.8 Å². The molecule has 0 aliphatic rings. The molecule has 12 heteroatoms. The fourth-order valence-electron chi connectivity index (χ4n) is 2.84. The minimum absolute atomic E-state index is 0.0523. The van der Waals surface area contributed by atoms with Gasteiger partial charge in [0.25, 0.3) is 0 Å². The second kappa shape index (κ2) is 11.5. The summed E-state index contributed by atoms with van der Waals surface area (Å²) in [5.41, 5.74) is -2.60. The first-order valence-corrected chi connectivity index (χ1v) is 11.2. The van der Waals surface area contributed by atoms with Crippen LogP contribution in [-0.2, 0) is 15.4 Å². The van der Waals surface area contributed by atoms with Gasteiger partial charge in [0.2, 0.25) is 5.82 Å². The third-order valence-corrected chi connectivity index (χ3v) is 5.58.